The van der Waals surface area contributed by atoms with E-state index < -0.39 is 0 Å². The first-order valence-electron chi connectivity index (χ1n) is 6.74. The molecule has 0 aromatic carbocycles. The van der Waals surface area contributed by atoms with Crippen molar-refractivity contribution in [3.63, 3.8) is 0 Å². The monoisotopic (exact) mass is 253 g/mol. The highest BCUT2D eigenvalue weighted by atomic mass is 16.5. The molecule has 1 saturated carbocycles. The lowest BCUT2D eigenvalue weighted by molar-refractivity contribution is 0.0854. The summed E-state index contributed by atoms with van der Waals surface area (Å²) in [6.07, 6.45) is 5.02. The minimum Gasteiger partial charge on any atom is -0.373 e. The first-order chi connectivity index (χ1) is 8.61. The molecule has 0 saturated heterocycles. The van der Waals surface area contributed by atoms with Crippen molar-refractivity contribution in [1.82, 2.24) is 10.1 Å². The summed E-state index contributed by atoms with van der Waals surface area (Å²) in [5.74, 6) is 1.32. The zero-order valence-corrected chi connectivity index (χ0v) is 11.5. The number of hydrogen-bond donors (Lipinski definition) is 1. The lowest BCUT2D eigenvalue weighted by Gasteiger charge is -2.23. The number of nitrogens with zero attached hydrogens (tertiary/aromatic N) is 2. The van der Waals surface area contributed by atoms with Gasteiger partial charge in [-0.15, -0.1) is 0 Å². The van der Waals surface area contributed by atoms with Gasteiger partial charge in [0.25, 0.3) is 0 Å². The van der Waals surface area contributed by atoms with Gasteiger partial charge in [-0.2, -0.15) is 4.98 Å². The quantitative estimate of drug-likeness (QED) is 0.871. The van der Waals surface area contributed by atoms with Crippen LogP contribution in [0.1, 0.15) is 63.8 Å². The van der Waals surface area contributed by atoms with E-state index in [4.69, 9.17) is 15.0 Å². The molecule has 1 fully saturated rings. The topological polar surface area (TPSA) is 74.2 Å². The highest BCUT2D eigenvalue weighted by molar-refractivity contribution is 5.12. The van der Waals surface area contributed by atoms with Gasteiger partial charge in [-0.3, -0.25) is 0 Å². The molecule has 1 aliphatic rings. The fraction of sp³-hybridized carbons (Fsp3) is 0.846. The standard InChI is InChI=1S/C13H23N3O2/c1-4-6-9(17-3)11-15-12(18-16-11)13(2)8-5-7-10(13)14/h9-10H,4-8,14H2,1-3H3. The van der Waals surface area contributed by atoms with E-state index in [1.165, 1.54) is 0 Å². The lowest BCUT2D eigenvalue weighted by Crippen LogP contribution is -2.38. The maximum atomic E-state index is 6.16. The van der Waals surface area contributed by atoms with Crippen LogP contribution < -0.4 is 5.73 Å². The summed E-state index contributed by atoms with van der Waals surface area (Å²) in [4.78, 5) is 4.52. The Bertz CT molecular complexity index is 393. The lowest BCUT2D eigenvalue weighted by atomic mass is 9.85. The molecule has 5 nitrogen and oxygen atoms in total. The Labute approximate surface area is 108 Å². The first-order valence-corrected chi connectivity index (χ1v) is 6.74. The van der Waals surface area contributed by atoms with E-state index >= 15 is 0 Å². The van der Waals surface area contributed by atoms with Gasteiger partial charge in [-0.05, 0) is 26.2 Å². The molecule has 0 aliphatic heterocycles. The highest BCUT2D eigenvalue weighted by Gasteiger charge is 2.43. The van der Waals surface area contributed by atoms with Gasteiger partial charge in [0, 0.05) is 13.2 Å². The second-order valence-corrected chi connectivity index (χ2v) is 5.39. The minimum absolute atomic E-state index is 0.0753. The Balaban J connectivity index is 2.19. The van der Waals surface area contributed by atoms with Gasteiger partial charge >= 0.3 is 0 Å². The zero-order chi connectivity index (χ0) is 13.2. The molecule has 18 heavy (non-hydrogen) atoms. The summed E-state index contributed by atoms with van der Waals surface area (Å²) >= 11 is 0. The van der Waals surface area contributed by atoms with Crippen molar-refractivity contribution >= 4 is 0 Å². The summed E-state index contributed by atoms with van der Waals surface area (Å²) in [5, 5.41) is 4.06. The fourth-order valence-corrected chi connectivity index (χ4v) is 2.67. The van der Waals surface area contributed by atoms with Crippen molar-refractivity contribution in [3.05, 3.63) is 11.7 Å². The Morgan fingerprint density at radius 1 is 1.61 bits per heavy atom. The molecule has 1 aliphatic carbocycles. The van der Waals surface area contributed by atoms with Gasteiger partial charge in [-0.1, -0.05) is 24.9 Å². The molecular weight excluding hydrogens is 230 g/mol. The van der Waals surface area contributed by atoms with Crippen LogP contribution in [0.4, 0.5) is 0 Å². The Morgan fingerprint density at radius 3 is 2.94 bits per heavy atom. The molecule has 1 heterocycles. The number of methoxy groups -OCH3 is 1. The van der Waals surface area contributed by atoms with E-state index in [1.54, 1.807) is 7.11 Å². The third kappa shape index (κ3) is 2.29. The number of nitrogens with two attached hydrogens (primary N) is 1. The normalized spacial score (nSPS) is 29.7. The van der Waals surface area contributed by atoms with Crippen LogP contribution in [0, 0.1) is 0 Å². The van der Waals surface area contributed by atoms with E-state index in [1.807, 2.05) is 0 Å². The highest BCUT2D eigenvalue weighted by Crippen LogP contribution is 2.39. The summed E-state index contributed by atoms with van der Waals surface area (Å²) in [6.45, 7) is 4.23. The predicted octanol–water partition coefficient (Wildman–Crippen LogP) is 2.33. The number of aromatic nitrogens is 2. The van der Waals surface area contributed by atoms with Crippen molar-refractivity contribution < 1.29 is 9.26 Å². The SMILES string of the molecule is CCCC(OC)c1noc(C2(C)CCCC2N)n1. The molecule has 102 valence electrons. The molecule has 3 unspecified atom stereocenters. The second kappa shape index (κ2) is 5.36. The maximum Gasteiger partial charge on any atom is 0.234 e. The number of hydrogen-bond acceptors (Lipinski definition) is 5. The molecule has 0 amide bonds. The molecule has 0 spiro atoms. The molecule has 0 bridgehead atoms. The van der Waals surface area contributed by atoms with E-state index in [0.717, 1.165) is 32.1 Å². The van der Waals surface area contributed by atoms with Crippen LogP contribution in [-0.4, -0.2) is 23.3 Å². The zero-order valence-electron chi connectivity index (χ0n) is 11.5. The van der Waals surface area contributed by atoms with Crippen molar-refractivity contribution in [2.75, 3.05) is 7.11 Å². The third-order valence-corrected chi connectivity index (χ3v) is 4.08. The Hall–Kier alpha value is -0.940. The van der Waals surface area contributed by atoms with Crippen molar-refractivity contribution in [1.29, 1.82) is 0 Å². The number of rotatable bonds is 5. The maximum absolute atomic E-state index is 6.16. The first kappa shape index (κ1) is 13.5. The third-order valence-electron chi connectivity index (χ3n) is 4.08. The minimum atomic E-state index is -0.171. The van der Waals surface area contributed by atoms with Crippen LogP contribution in [0.25, 0.3) is 0 Å². The van der Waals surface area contributed by atoms with Crippen LogP contribution >= 0.6 is 0 Å². The molecule has 2 rings (SSSR count). The van der Waals surface area contributed by atoms with Crippen LogP contribution in [-0.2, 0) is 10.2 Å². The summed E-state index contributed by atoms with van der Waals surface area (Å²) < 4.78 is 10.8. The van der Waals surface area contributed by atoms with E-state index in [2.05, 4.69) is 24.0 Å². The molecule has 5 heteroatoms. The van der Waals surface area contributed by atoms with Crippen LogP contribution in [0.5, 0.6) is 0 Å². The van der Waals surface area contributed by atoms with Crippen molar-refractivity contribution in [2.45, 2.75) is 63.5 Å². The van der Waals surface area contributed by atoms with Crippen LogP contribution in [0.2, 0.25) is 0 Å². The van der Waals surface area contributed by atoms with Crippen molar-refractivity contribution in [3.8, 4) is 0 Å². The Morgan fingerprint density at radius 2 is 2.39 bits per heavy atom. The van der Waals surface area contributed by atoms with Gasteiger partial charge in [0.2, 0.25) is 11.7 Å². The van der Waals surface area contributed by atoms with Gasteiger partial charge in [0.15, 0.2) is 0 Å². The molecule has 3 atom stereocenters. The van der Waals surface area contributed by atoms with Crippen molar-refractivity contribution in [2.24, 2.45) is 5.73 Å². The van der Waals surface area contributed by atoms with Gasteiger partial charge in [0.1, 0.15) is 6.10 Å². The van der Waals surface area contributed by atoms with E-state index in [0.29, 0.717) is 11.7 Å². The van der Waals surface area contributed by atoms with Gasteiger partial charge < -0.3 is 15.0 Å². The smallest absolute Gasteiger partial charge is 0.234 e. The molecule has 1 aromatic heterocycles. The van der Waals surface area contributed by atoms with Gasteiger partial charge in [-0.25, -0.2) is 0 Å². The summed E-state index contributed by atoms with van der Waals surface area (Å²) in [6, 6.07) is 0.109. The predicted molar refractivity (Wildman–Crippen MR) is 68.1 cm³/mol. The molecule has 0 radical (unpaired) electrons. The largest absolute Gasteiger partial charge is 0.373 e. The summed E-state index contributed by atoms with van der Waals surface area (Å²) in [7, 11) is 1.68. The van der Waals surface area contributed by atoms with Crippen LogP contribution in [0.3, 0.4) is 0 Å². The summed E-state index contributed by atoms with van der Waals surface area (Å²) in [5.41, 5.74) is 5.99. The molecule has 1 aromatic rings. The number of ether oxygens (including phenoxy) is 1. The Kier molecular flexibility index (Phi) is 4.02. The fourth-order valence-electron chi connectivity index (χ4n) is 2.67. The second-order valence-electron chi connectivity index (χ2n) is 5.39. The van der Waals surface area contributed by atoms with Gasteiger partial charge in [0.05, 0.1) is 5.41 Å². The van der Waals surface area contributed by atoms with Crippen LogP contribution in [0.15, 0.2) is 4.52 Å². The average Bonchev–Trinajstić information content (AvgIpc) is 2.96. The van der Waals surface area contributed by atoms with E-state index in [-0.39, 0.29) is 17.6 Å². The average molecular weight is 253 g/mol. The molecular formula is C13H23N3O2. The molecule has 2 N–H and O–H groups in total. The van der Waals surface area contributed by atoms with E-state index in [9.17, 15) is 0 Å².